The lowest BCUT2D eigenvalue weighted by molar-refractivity contribution is -0.119. The summed E-state index contributed by atoms with van der Waals surface area (Å²) in [6.07, 6.45) is 1.66. The fourth-order valence-electron chi connectivity index (χ4n) is 1.69. The lowest BCUT2D eigenvalue weighted by atomic mass is 10.2. The van der Waals surface area contributed by atoms with E-state index >= 15 is 0 Å². The summed E-state index contributed by atoms with van der Waals surface area (Å²) in [4.78, 5) is 32.0. The average Bonchev–Trinajstić information content (AvgIpc) is 2.94. The number of thiazole rings is 1. The summed E-state index contributed by atoms with van der Waals surface area (Å²) >= 11 is 1.29. The van der Waals surface area contributed by atoms with Gasteiger partial charge < -0.3 is 15.4 Å². The summed E-state index contributed by atoms with van der Waals surface area (Å²) in [5.74, 6) is 0.373. The molecule has 0 unspecified atom stereocenters. The van der Waals surface area contributed by atoms with Crippen molar-refractivity contribution in [3.05, 3.63) is 29.4 Å². The molecule has 0 aliphatic rings. The van der Waals surface area contributed by atoms with E-state index in [-0.39, 0.29) is 24.2 Å². The van der Waals surface area contributed by atoms with Crippen LogP contribution in [0.15, 0.2) is 23.7 Å². The van der Waals surface area contributed by atoms with Crippen molar-refractivity contribution in [1.82, 2.24) is 9.97 Å². The predicted octanol–water partition coefficient (Wildman–Crippen LogP) is 2.32. The maximum absolute atomic E-state index is 12.1. The summed E-state index contributed by atoms with van der Waals surface area (Å²) in [7, 11) is 1.51. The van der Waals surface area contributed by atoms with Gasteiger partial charge in [-0.05, 0) is 12.1 Å². The second-order valence-corrected chi connectivity index (χ2v) is 5.93. The fourth-order valence-corrected chi connectivity index (χ4v) is 2.40. The van der Waals surface area contributed by atoms with Gasteiger partial charge in [-0.15, -0.1) is 11.3 Å². The minimum Gasteiger partial charge on any atom is -0.493 e. The first-order chi connectivity index (χ1) is 11.0. The Morgan fingerprint density at radius 2 is 2.13 bits per heavy atom. The van der Waals surface area contributed by atoms with Crippen molar-refractivity contribution >= 4 is 34.1 Å². The third-order valence-corrected chi connectivity index (χ3v) is 3.70. The Hall–Kier alpha value is -2.48. The molecule has 0 aliphatic heterocycles. The summed E-state index contributed by atoms with van der Waals surface area (Å²) in [5.41, 5.74) is 0.585. The number of rotatable bonds is 6. The number of nitrogens with one attached hydrogen (secondary N) is 2. The maximum Gasteiger partial charge on any atom is 0.231 e. The van der Waals surface area contributed by atoms with Crippen LogP contribution in [0.3, 0.4) is 0 Å². The largest absolute Gasteiger partial charge is 0.493 e. The van der Waals surface area contributed by atoms with Crippen LogP contribution in [0.25, 0.3) is 0 Å². The molecule has 122 valence electrons. The molecular formula is C15H18N4O3S. The Balaban J connectivity index is 1.96. The van der Waals surface area contributed by atoms with Crippen LogP contribution >= 0.6 is 11.3 Å². The van der Waals surface area contributed by atoms with Crippen molar-refractivity contribution in [3.8, 4) is 5.75 Å². The number of carbonyl (C=O) groups excluding carboxylic acids is 2. The van der Waals surface area contributed by atoms with Crippen LogP contribution in [0, 0.1) is 5.92 Å². The van der Waals surface area contributed by atoms with Gasteiger partial charge in [0.1, 0.15) is 0 Å². The number of amides is 2. The third kappa shape index (κ3) is 4.75. The number of pyridine rings is 1. The van der Waals surface area contributed by atoms with E-state index in [0.29, 0.717) is 22.4 Å². The number of anilines is 2. The Bertz CT molecular complexity index is 700. The highest BCUT2D eigenvalue weighted by Gasteiger charge is 2.13. The zero-order valence-corrected chi connectivity index (χ0v) is 13.9. The lowest BCUT2D eigenvalue weighted by Crippen LogP contribution is -2.18. The van der Waals surface area contributed by atoms with Crippen LogP contribution in [0.2, 0.25) is 0 Å². The van der Waals surface area contributed by atoms with Crippen LogP contribution in [0.1, 0.15) is 19.5 Å². The number of carbonyl (C=O) groups is 2. The molecule has 0 atom stereocenters. The summed E-state index contributed by atoms with van der Waals surface area (Å²) in [6.45, 7) is 3.61. The number of hydrogen-bond acceptors (Lipinski definition) is 6. The highest BCUT2D eigenvalue weighted by Crippen LogP contribution is 2.21. The number of nitrogens with zero attached hydrogens (tertiary/aromatic N) is 2. The summed E-state index contributed by atoms with van der Waals surface area (Å²) in [5, 5.41) is 7.62. The molecule has 2 N–H and O–H groups in total. The van der Waals surface area contributed by atoms with E-state index in [1.54, 1.807) is 37.6 Å². The minimum absolute atomic E-state index is 0.0910. The molecule has 0 saturated heterocycles. The zero-order valence-electron chi connectivity index (χ0n) is 13.1. The number of ether oxygens (including phenoxy) is 1. The Morgan fingerprint density at radius 1 is 1.35 bits per heavy atom. The van der Waals surface area contributed by atoms with Crippen molar-refractivity contribution in [2.45, 2.75) is 20.3 Å². The van der Waals surface area contributed by atoms with Gasteiger partial charge in [0.2, 0.25) is 11.8 Å². The molecule has 2 heterocycles. The van der Waals surface area contributed by atoms with E-state index in [1.807, 2.05) is 0 Å². The van der Waals surface area contributed by atoms with Crippen LogP contribution in [-0.4, -0.2) is 28.9 Å². The second kappa shape index (κ2) is 7.68. The quantitative estimate of drug-likeness (QED) is 0.845. The standard InChI is InChI=1S/C15H18N4O3S/c1-9(2)14(21)19-15-17-10(8-23-15)7-12(20)18-13-11(22-3)5-4-6-16-13/h4-6,8-9H,7H2,1-3H3,(H,16,18,20)(H,17,19,21). The van der Waals surface area contributed by atoms with Gasteiger partial charge in [0, 0.05) is 17.5 Å². The molecule has 0 spiro atoms. The predicted molar refractivity (Wildman–Crippen MR) is 88.7 cm³/mol. The van der Waals surface area contributed by atoms with E-state index in [2.05, 4.69) is 20.6 Å². The minimum atomic E-state index is -0.256. The number of aromatic nitrogens is 2. The molecule has 2 aromatic rings. The second-order valence-electron chi connectivity index (χ2n) is 5.07. The van der Waals surface area contributed by atoms with Crippen molar-refractivity contribution < 1.29 is 14.3 Å². The van der Waals surface area contributed by atoms with Gasteiger partial charge in [0.15, 0.2) is 16.7 Å². The smallest absolute Gasteiger partial charge is 0.231 e. The molecule has 7 nitrogen and oxygen atoms in total. The van der Waals surface area contributed by atoms with Gasteiger partial charge in [-0.25, -0.2) is 9.97 Å². The first-order valence-electron chi connectivity index (χ1n) is 7.03. The molecule has 0 aromatic carbocycles. The average molecular weight is 334 g/mol. The summed E-state index contributed by atoms with van der Waals surface area (Å²) < 4.78 is 5.13. The van der Waals surface area contributed by atoms with Gasteiger partial charge in [-0.1, -0.05) is 13.8 Å². The van der Waals surface area contributed by atoms with Gasteiger partial charge in [-0.3, -0.25) is 9.59 Å². The monoisotopic (exact) mass is 334 g/mol. The van der Waals surface area contributed by atoms with E-state index in [4.69, 9.17) is 4.74 Å². The number of hydrogen-bond donors (Lipinski definition) is 2. The molecule has 0 radical (unpaired) electrons. The molecule has 23 heavy (non-hydrogen) atoms. The maximum atomic E-state index is 12.1. The van der Waals surface area contributed by atoms with Crippen LogP contribution in [-0.2, 0) is 16.0 Å². The van der Waals surface area contributed by atoms with E-state index in [1.165, 1.54) is 18.4 Å². The zero-order chi connectivity index (χ0) is 16.8. The van der Waals surface area contributed by atoms with Gasteiger partial charge in [0.05, 0.1) is 19.2 Å². The molecule has 0 bridgehead atoms. The first-order valence-corrected chi connectivity index (χ1v) is 7.91. The molecule has 2 aromatic heterocycles. The van der Waals surface area contributed by atoms with Gasteiger partial charge >= 0.3 is 0 Å². The molecule has 0 aliphatic carbocycles. The van der Waals surface area contributed by atoms with Crippen molar-refractivity contribution in [2.24, 2.45) is 5.92 Å². The third-order valence-electron chi connectivity index (χ3n) is 2.90. The van der Waals surface area contributed by atoms with E-state index in [0.717, 1.165) is 0 Å². The fraction of sp³-hybridized carbons (Fsp3) is 0.333. The van der Waals surface area contributed by atoms with Gasteiger partial charge in [0.25, 0.3) is 0 Å². The first kappa shape index (κ1) is 16.9. The highest BCUT2D eigenvalue weighted by atomic mass is 32.1. The Labute approximate surface area is 138 Å². The van der Waals surface area contributed by atoms with Crippen molar-refractivity contribution in [3.63, 3.8) is 0 Å². The molecule has 8 heteroatoms. The lowest BCUT2D eigenvalue weighted by Gasteiger charge is -2.07. The highest BCUT2D eigenvalue weighted by molar-refractivity contribution is 7.13. The van der Waals surface area contributed by atoms with Crippen molar-refractivity contribution in [1.29, 1.82) is 0 Å². The van der Waals surface area contributed by atoms with Crippen LogP contribution in [0.4, 0.5) is 10.9 Å². The normalized spacial score (nSPS) is 10.4. The topological polar surface area (TPSA) is 93.2 Å². The molecule has 0 saturated carbocycles. The molecule has 2 rings (SSSR count). The number of methoxy groups -OCH3 is 1. The van der Waals surface area contributed by atoms with E-state index in [9.17, 15) is 9.59 Å². The molecular weight excluding hydrogens is 316 g/mol. The van der Waals surface area contributed by atoms with E-state index < -0.39 is 0 Å². The molecule has 0 fully saturated rings. The van der Waals surface area contributed by atoms with Crippen LogP contribution in [0.5, 0.6) is 5.75 Å². The molecule has 2 amide bonds. The van der Waals surface area contributed by atoms with Gasteiger partial charge in [-0.2, -0.15) is 0 Å². The SMILES string of the molecule is COc1cccnc1NC(=O)Cc1csc(NC(=O)C(C)C)n1. The Morgan fingerprint density at radius 3 is 2.83 bits per heavy atom. The Kier molecular flexibility index (Phi) is 5.64. The van der Waals surface area contributed by atoms with Crippen LogP contribution < -0.4 is 15.4 Å². The van der Waals surface area contributed by atoms with Crippen molar-refractivity contribution in [2.75, 3.05) is 17.7 Å². The summed E-state index contributed by atoms with van der Waals surface area (Å²) in [6, 6.07) is 3.43.